The van der Waals surface area contributed by atoms with E-state index in [2.05, 4.69) is 46.8 Å². The van der Waals surface area contributed by atoms with E-state index in [9.17, 15) is 0 Å². The number of nitrogens with zero attached hydrogens (tertiary/aromatic N) is 2. The summed E-state index contributed by atoms with van der Waals surface area (Å²) in [7, 11) is 9.20. The monoisotopic (exact) mass is 414 g/mol. The summed E-state index contributed by atoms with van der Waals surface area (Å²) in [5.41, 5.74) is 1.18. The first kappa shape index (κ1) is 23.3. The van der Waals surface area contributed by atoms with Crippen LogP contribution in [-0.2, 0) is 0 Å². The number of likely N-dealkylation sites (N-methyl/N-ethyl adjacent to an activating group) is 1. The van der Waals surface area contributed by atoms with Crippen molar-refractivity contribution in [2.24, 2.45) is 4.99 Å². The Morgan fingerprint density at radius 2 is 1.67 bits per heavy atom. The van der Waals surface area contributed by atoms with Gasteiger partial charge in [-0.3, -0.25) is 4.99 Å². The Morgan fingerprint density at radius 3 is 2.30 bits per heavy atom. The van der Waals surface area contributed by atoms with Gasteiger partial charge in [0.25, 0.3) is 0 Å². The quantitative estimate of drug-likeness (QED) is 0.460. The van der Waals surface area contributed by atoms with Crippen molar-refractivity contribution in [1.29, 1.82) is 0 Å². The van der Waals surface area contributed by atoms with Gasteiger partial charge >= 0.3 is 0 Å². The molecule has 0 saturated heterocycles. The number of rotatable bonds is 10. The summed E-state index contributed by atoms with van der Waals surface area (Å²) in [6.07, 6.45) is -0.0668. The van der Waals surface area contributed by atoms with Crippen molar-refractivity contribution in [2.45, 2.75) is 19.1 Å². The van der Waals surface area contributed by atoms with Gasteiger partial charge in [0.05, 0.1) is 26.8 Å². The summed E-state index contributed by atoms with van der Waals surface area (Å²) < 4.78 is 16.7. The van der Waals surface area contributed by atoms with Crippen LogP contribution in [0.1, 0.15) is 18.5 Å². The van der Waals surface area contributed by atoms with Crippen molar-refractivity contribution in [3.05, 3.63) is 54.1 Å². The number of aliphatic imine (C=N–C) groups is 1. The highest BCUT2D eigenvalue weighted by atomic mass is 16.5. The summed E-state index contributed by atoms with van der Waals surface area (Å²) in [6, 6.07) is 15.9. The van der Waals surface area contributed by atoms with E-state index < -0.39 is 0 Å². The van der Waals surface area contributed by atoms with Crippen molar-refractivity contribution in [2.75, 3.05) is 48.5 Å². The van der Waals surface area contributed by atoms with E-state index in [4.69, 9.17) is 14.2 Å². The van der Waals surface area contributed by atoms with Crippen LogP contribution < -0.4 is 24.8 Å². The van der Waals surface area contributed by atoms with Gasteiger partial charge in [0.2, 0.25) is 0 Å². The number of methoxy groups -OCH3 is 2. The molecule has 2 N–H and O–H groups in total. The third-order valence-corrected chi connectivity index (χ3v) is 4.74. The first-order valence-corrected chi connectivity index (χ1v) is 10.0. The molecule has 0 fully saturated rings. The second-order valence-corrected chi connectivity index (χ2v) is 7.17. The number of hydrogen-bond donors (Lipinski definition) is 2. The number of guanidine groups is 1. The molecule has 0 aliphatic rings. The minimum absolute atomic E-state index is 0.0668. The maximum absolute atomic E-state index is 6.00. The number of para-hydroxylation sites is 2. The molecular formula is C23H34N4O3. The third kappa shape index (κ3) is 6.84. The fourth-order valence-electron chi connectivity index (χ4n) is 3.08. The molecule has 30 heavy (non-hydrogen) atoms. The van der Waals surface area contributed by atoms with Crippen LogP contribution >= 0.6 is 0 Å². The van der Waals surface area contributed by atoms with Crippen LogP contribution in [-0.4, -0.2) is 65.4 Å². The Kier molecular flexibility index (Phi) is 9.28. The molecule has 7 nitrogen and oxygen atoms in total. The summed E-state index contributed by atoms with van der Waals surface area (Å²) >= 11 is 0. The van der Waals surface area contributed by atoms with Crippen LogP contribution in [0.4, 0.5) is 0 Å². The zero-order valence-electron chi connectivity index (χ0n) is 18.8. The molecule has 0 amide bonds. The van der Waals surface area contributed by atoms with Gasteiger partial charge < -0.3 is 29.7 Å². The zero-order chi connectivity index (χ0) is 21.9. The van der Waals surface area contributed by atoms with Crippen LogP contribution in [0.25, 0.3) is 0 Å². The Balaban J connectivity index is 1.91. The largest absolute Gasteiger partial charge is 0.497 e. The highest BCUT2D eigenvalue weighted by molar-refractivity contribution is 5.79. The van der Waals surface area contributed by atoms with Crippen molar-refractivity contribution in [3.63, 3.8) is 0 Å². The normalized spacial score (nSPS) is 13.5. The molecule has 0 heterocycles. The van der Waals surface area contributed by atoms with Gasteiger partial charge in [0, 0.05) is 13.6 Å². The lowest BCUT2D eigenvalue weighted by Crippen LogP contribution is -2.44. The lowest BCUT2D eigenvalue weighted by molar-refractivity contribution is 0.213. The highest BCUT2D eigenvalue weighted by Gasteiger charge is 2.16. The van der Waals surface area contributed by atoms with E-state index in [0.717, 1.165) is 23.2 Å². The van der Waals surface area contributed by atoms with Crippen molar-refractivity contribution in [1.82, 2.24) is 15.5 Å². The second kappa shape index (κ2) is 11.9. The standard InChI is InChI=1S/C23H34N4O3/c1-17(30-22-13-8-7-12-21(22)29-6)15-25-23(24-2)26-16-20(27(3)4)18-10-9-11-19(14-18)28-5/h7-14,17,20H,15-16H2,1-6H3,(H2,24,25,26). The molecule has 0 bridgehead atoms. The molecule has 0 spiro atoms. The average Bonchev–Trinajstić information content (AvgIpc) is 2.76. The number of benzene rings is 2. The predicted molar refractivity (Wildman–Crippen MR) is 122 cm³/mol. The molecule has 7 heteroatoms. The lowest BCUT2D eigenvalue weighted by atomic mass is 10.1. The molecule has 0 aliphatic carbocycles. The number of nitrogens with one attached hydrogen (secondary N) is 2. The van der Waals surface area contributed by atoms with E-state index in [1.54, 1.807) is 21.3 Å². The zero-order valence-corrected chi connectivity index (χ0v) is 18.8. The maximum Gasteiger partial charge on any atom is 0.191 e. The highest BCUT2D eigenvalue weighted by Crippen LogP contribution is 2.26. The molecule has 2 atom stereocenters. The predicted octanol–water partition coefficient (Wildman–Crippen LogP) is 2.94. The fraction of sp³-hybridized carbons (Fsp3) is 0.435. The fourth-order valence-corrected chi connectivity index (χ4v) is 3.08. The SMILES string of the molecule is CN=C(NCC(C)Oc1ccccc1OC)NCC(c1cccc(OC)c1)N(C)C. The number of ether oxygens (including phenoxy) is 3. The van der Waals surface area contributed by atoms with Crippen molar-refractivity contribution in [3.8, 4) is 17.2 Å². The molecule has 2 aromatic carbocycles. The van der Waals surface area contributed by atoms with Crippen LogP contribution in [0.5, 0.6) is 17.2 Å². The smallest absolute Gasteiger partial charge is 0.191 e. The molecule has 2 aromatic rings. The van der Waals surface area contributed by atoms with Crippen LogP contribution in [0.3, 0.4) is 0 Å². The summed E-state index contributed by atoms with van der Waals surface area (Å²) in [4.78, 5) is 6.50. The van der Waals surface area contributed by atoms with Gasteiger partial charge in [0.1, 0.15) is 11.9 Å². The topological polar surface area (TPSA) is 67.4 Å². The van der Waals surface area contributed by atoms with E-state index in [1.807, 2.05) is 43.3 Å². The Labute approximate surface area is 180 Å². The Morgan fingerprint density at radius 1 is 0.967 bits per heavy atom. The molecule has 2 rings (SSSR count). The number of hydrogen-bond acceptors (Lipinski definition) is 5. The van der Waals surface area contributed by atoms with E-state index in [1.165, 1.54) is 5.56 Å². The van der Waals surface area contributed by atoms with Gasteiger partial charge in [-0.15, -0.1) is 0 Å². The third-order valence-electron chi connectivity index (χ3n) is 4.74. The van der Waals surface area contributed by atoms with Crippen LogP contribution in [0.2, 0.25) is 0 Å². The molecule has 0 saturated carbocycles. The summed E-state index contributed by atoms with van der Waals surface area (Å²) in [5, 5.41) is 6.73. The van der Waals surface area contributed by atoms with Gasteiger partial charge in [-0.05, 0) is 50.8 Å². The summed E-state index contributed by atoms with van der Waals surface area (Å²) in [6.45, 7) is 3.30. The second-order valence-electron chi connectivity index (χ2n) is 7.17. The van der Waals surface area contributed by atoms with Crippen LogP contribution in [0.15, 0.2) is 53.5 Å². The lowest BCUT2D eigenvalue weighted by Gasteiger charge is -2.26. The van der Waals surface area contributed by atoms with Crippen molar-refractivity contribution >= 4 is 5.96 Å². The Hall–Kier alpha value is -2.93. The average molecular weight is 415 g/mol. The maximum atomic E-state index is 6.00. The molecule has 2 unspecified atom stereocenters. The van der Waals surface area contributed by atoms with Gasteiger partial charge in [0.15, 0.2) is 17.5 Å². The molecule has 0 aromatic heterocycles. The van der Waals surface area contributed by atoms with Gasteiger partial charge in [-0.25, -0.2) is 0 Å². The van der Waals surface area contributed by atoms with E-state index >= 15 is 0 Å². The first-order chi connectivity index (χ1) is 14.5. The minimum atomic E-state index is -0.0668. The molecule has 0 radical (unpaired) electrons. The van der Waals surface area contributed by atoms with Gasteiger partial charge in [-0.2, -0.15) is 0 Å². The van der Waals surface area contributed by atoms with E-state index in [0.29, 0.717) is 13.1 Å². The first-order valence-electron chi connectivity index (χ1n) is 10.0. The van der Waals surface area contributed by atoms with Crippen LogP contribution in [0, 0.1) is 0 Å². The van der Waals surface area contributed by atoms with Crippen molar-refractivity contribution < 1.29 is 14.2 Å². The Bertz CT molecular complexity index is 811. The molecule has 164 valence electrons. The summed E-state index contributed by atoms with van der Waals surface area (Å²) in [5.74, 6) is 3.02. The van der Waals surface area contributed by atoms with Gasteiger partial charge in [-0.1, -0.05) is 24.3 Å². The van der Waals surface area contributed by atoms with E-state index in [-0.39, 0.29) is 12.1 Å². The minimum Gasteiger partial charge on any atom is -0.497 e. The molecule has 0 aliphatic heterocycles. The molecular weight excluding hydrogens is 380 g/mol.